The van der Waals surface area contributed by atoms with Crippen LogP contribution in [0.1, 0.15) is 37.5 Å². The number of sulfonamides is 1. The molecule has 7 heteroatoms. The smallest absolute Gasteiger partial charge is 0.214 e. The molecule has 0 spiro atoms. The van der Waals surface area contributed by atoms with Crippen LogP contribution in [0.2, 0.25) is 0 Å². The number of furan rings is 1. The summed E-state index contributed by atoms with van der Waals surface area (Å²) in [6.45, 7) is 3.28. The molecule has 0 radical (unpaired) electrons. The maximum absolute atomic E-state index is 12.4. The summed E-state index contributed by atoms with van der Waals surface area (Å²) < 4.78 is 38.5. The van der Waals surface area contributed by atoms with Gasteiger partial charge in [0.25, 0.3) is 0 Å². The molecule has 0 bridgehead atoms. The molecular weight excluding hydrogens is 304 g/mol. The highest BCUT2D eigenvalue weighted by atomic mass is 32.2. The zero-order valence-electron chi connectivity index (χ0n) is 12.7. The lowest BCUT2D eigenvalue weighted by atomic mass is 10.2. The Morgan fingerprint density at radius 3 is 2.64 bits per heavy atom. The minimum Gasteiger partial charge on any atom is -0.468 e. The van der Waals surface area contributed by atoms with Crippen molar-refractivity contribution >= 4 is 10.0 Å². The van der Waals surface area contributed by atoms with Crippen molar-refractivity contribution in [3.8, 4) is 0 Å². The first-order chi connectivity index (χ1) is 10.7. The van der Waals surface area contributed by atoms with Crippen LogP contribution in [-0.2, 0) is 14.8 Å². The van der Waals surface area contributed by atoms with Crippen molar-refractivity contribution in [3.63, 3.8) is 0 Å². The van der Waals surface area contributed by atoms with Gasteiger partial charge in [-0.3, -0.25) is 4.90 Å². The Kier molecular flexibility index (Phi) is 5.18. The lowest BCUT2D eigenvalue weighted by Crippen LogP contribution is -2.45. The largest absolute Gasteiger partial charge is 0.468 e. The lowest BCUT2D eigenvalue weighted by molar-refractivity contribution is 0.0128. The molecule has 6 nitrogen and oxygen atoms in total. The summed E-state index contributed by atoms with van der Waals surface area (Å²) in [5.74, 6) is 0.802. The Morgan fingerprint density at radius 1 is 1.27 bits per heavy atom. The van der Waals surface area contributed by atoms with E-state index in [4.69, 9.17) is 9.15 Å². The second-order valence-electron chi connectivity index (χ2n) is 5.98. The molecule has 1 unspecified atom stereocenters. The minimum absolute atomic E-state index is 0.0740. The van der Waals surface area contributed by atoms with Gasteiger partial charge in [-0.1, -0.05) is 12.8 Å². The van der Waals surface area contributed by atoms with Gasteiger partial charge in [0, 0.05) is 19.6 Å². The van der Waals surface area contributed by atoms with Crippen LogP contribution in [-0.4, -0.2) is 51.4 Å². The Hall–Kier alpha value is -0.890. The van der Waals surface area contributed by atoms with Gasteiger partial charge in [-0.25, -0.2) is 13.1 Å². The van der Waals surface area contributed by atoms with Gasteiger partial charge in [-0.2, -0.15) is 0 Å². The molecule has 1 saturated carbocycles. The third kappa shape index (κ3) is 3.71. The van der Waals surface area contributed by atoms with Crippen LogP contribution >= 0.6 is 0 Å². The molecule has 1 aliphatic heterocycles. The second kappa shape index (κ2) is 7.12. The highest BCUT2D eigenvalue weighted by molar-refractivity contribution is 7.90. The number of hydrogen-bond acceptors (Lipinski definition) is 5. The van der Waals surface area contributed by atoms with E-state index in [9.17, 15) is 8.42 Å². The van der Waals surface area contributed by atoms with Gasteiger partial charge in [-0.15, -0.1) is 0 Å². The number of hydrogen-bond donors (Lipinski definition) is 1. The van der Waals surface area contributed by atoms with E-state index in [1.165, 1.54) is 0 Å². The fraction of sp³-hybridized carbons (Fsp3) is 0.733. The molecule has 124 valence electrons. The van der Waals surface area contributed by atoms with E-state index in [1.807, 2.05) is 12.1 Å². The van der Waals surface area contributed by atoms with E-state index in [-0.39, 0.29) is 11.3 Å². The fourth-order valence-corrected chi connectivity index (χ4v) is 4.87. The maximum Gasteiger partial charge on any atom is 0.214 e. The van der Waals surface area contributed by atoms with Crippen LogP contribution < -0.4 is 4.72 Å². The van der Waals surface area contributed by atoms with E-state index in [1.54, 1.807) is 6.26 Å². The first kappa shape index (κ1) is 16.0. The predicted octanol–water partition coefficient (Wildman–Crippen LogP) is 1.51. The van der Waals surface area contributed by atoms with E-state index in [0.29, 0.717) is 19.8 Å². The molecule has 2 aliphatic rings. The van der Waals surface area contributed by atoms with Gasteiger partial charge in [0.1, 0.15) is 5.76 Å². The quantitative estimate of drug-likeness (QED) is 0.857. The summed E-state index contributed by atoms with van der Waals surface area (Å²) in [5, 5.41) is -0.227. The zero-order valence-corrected chi connectivity index (χ0v) is 13.6. The highest BCUT2D eigenvalue weighted by Crippen LogP contribution is 2.26. The molecule has 0 amide bonds. The standard InChI is InChI=1S/C15H24N2O4S/c18-22(19,13-4-1-2-5-13)16-12-14(15-6-3-9-21-15)17-7-10-20-11-8-17/h3,6,9,13-14,16H,1-2,4-5,7-8,10-12H2. The average molecular weight is 328 g/mol. The van der Waals surface area contributed by atoms with E-state index in [2.05, 4.69) is 9.62 Å². The molecule has 1 saturated heterocycles. The highest BCUT2D eigenvalue weighted by Gasteiger charge is 2.31. The molecule has 1 aliphatic carbocycles. The van der Waals surface area contributed by atoms with Crippen LogP contribution in [0.4, 0.5) is 0 Å². The Labute approximate surface area is 131 Å². The maximum atomic E-state index is 12.4. The summed E-state index contributed by atoms with van der Waals surface area (Å²) >= 11 is 0. The fourth-order valence-electron chi connectivity index (χ4n) is 3.29. The first-order valence-corrected chi connectivity index (χ1v) is 9.55. The van der Waals surface area contributed by atoms with Gasteiger partial charge in [0.2, 0.25) is 10.0 Å². The Morgan fingerprint density at radius 2 is 2.00 bits per heavy atom. The molecule has 1 N–H and O–H groups in total. The van der Waals surface area contributed by atoms with Gasteiger partial charge < -0.3 is 9.15 Å². The molecule has 1 aromatic heterocycles. The van der Waals surface area contributed by atoms with Crippen LogP contribution in [0.15, 0.2) is 22.8 Å². The summed E-state index contributed by atoms with van der Waals surface area (Å²) in [6, 6.07) is 3.67. The molecule has 2 fully saturated rings. The molecule has 1 atom stereocenters. The first-order valence-electron chi connectivity index (χ1n) is 8.00. The van der Waals surface area contributed by atoms with Crippen molar-refractivity contribution < 1.29 is 17.6 Å². The number of morpholine rings is 1. The summed E-state index contributed by atoms with van der Waals surface area (Å²) in [4.78, 5) is 2.22. The molecule has 0 aromatic carbocycles. The van der Waals surface area contributed by atoms with Crippen molar-refractivity contribution in [2.24, 2.45) is 0 Å². The van der Waals surface area contributed by atoms with E-state index in [0.717, 1.165) is 44.5 Å². The predicted molar refractivity (Wildman–Crippen MR) is 83.0 cm³/mol. The van der Waals surface area contributed by atoms with E-state index < -0.39 is 10.0 Å². The number of rotatable bonds is 6. The zero-order chi connectivity index (χ0) is 15.4. The molecule has 22 heavy (non-hydrogen) atoms. The van der Waals surface area contributed by atoms with Gasteiger partial charge in [0.05, 0.1) is 30.8 Å². The van der Waals surface area contributed by atoms with Crippen LogP contribution in [0, 0.1) is 0 Å². The average Bonchev–Trinajstić information content (AvgIpc) is 3.22. The SMILES string of the molecule is O=S(=O)(NCC(c1ccco1)N1CCOCC1)C1CCCC1. The van der Waals surface area contributed by atoms with Crippen molar-refractivity contribution in [1.29, 1.82) is 0 Å². The van der Waals surface area contributed by atoms with Crippen molar-refractivity contribution in [3.05, 3.63) is 24.2 Å². The Bertz CT molecular complexity index is 546. The van der Waals surface area contributed by atoms with Crippen molar-refractivity contribution in [1.82, 2.24) is 9.62 Å². The minimum atomic E-state index is -3.23. The van der Waals surface area contributed by atoms with Crippen LogP contribution in [0.3, 0.4) is 0 Å². The van der Waals surface area contributed by atoms with Crippen molar-refractivity contribution in [2.75, 3.05) is 32.8 Å². The summed E-state index contributed by atoms with van der Waals surface area (Å²) in [6.07, 6.45) is 5.21. The summed E-state index contributed by atoms with van der Waals surface area (Å²) in [5.41, 5.74) is 0. The lowest BCUT2D eigenvalue weighted by Gasteiger charge is -2.33. The third-order valence-corrected chi connectivity index (χ3v) is 6.50. The normalized spacial score (nSPS) is 22.9. The van der Waals surface area contributed by atoms with E-state index >= 15 is 0 Å². The van der Waals surface area contributed by atoms with Crippen LogP contribution in [0.5, 0.6) is 0 Å². The topological polar surface area (TPSA) is 71.8 Å². The number of nitrogens with zero attached hydrogens (tertiary/aromatic N) is 1. The monoisotopic (exact) mass is 328 g/mol. The van der Waals surface area contributed by atoms with Crippen molar-refractivity contribution in [2.45, 2.75) is 37.0 Å². The second-order valence-corrected chi connectivity index (χ2v) is 8.02. The van der Waals surface area contributed by atoms with Gasteiger partial charge >= 0.3 is 0 Å². The molecule has 3 rings (SSSR count). The molecular formula is C15H24N2O4S. The number of ether oxygens (including phenoxy) is 1. The molecule has 1 aromatic rings. The number of nitrogens with one attached hydrogen (secondary N) is 1. The van der Waals surface area contributed by atoms with Gasteiger partial charge in [-0.05, 0) is 25.0 Å². The van der Waals surface area contributed by atoms with Gasteiger partial charge in [0.15, 0.2) is 0 Å². The van der Waals surface area contributed by atoms with Crippen LogP contribution in [0.25, 0.3) is 0 Å². The third-order valence-electron chi connectivity index (χ3n) is 4.58. The Balaban J connectivity index is 1.67. The summed E-state index contributed by atoms with van der Waals surface area (Å²) in [7, 11) is -3.23. The molecule has 2 heterocycles.